The Balaban J connectivity index is 1.45. The van der Waals surface area contributed by atoms with Crippen molar-refractivity contribution in [3.8, 4) is 0 Å². The van der Waals surface area contributed by atoms with Gasteiger partial charge in [0.05, 0.1) is 13.0 Å². The molecule has 4 aromatic rings. The van der Waals surface area contributed by atoms with Crippen LogP contribution in [0.25, 0.3) is 0 Å². The highest BCUT2D eigenvalue weighted by Crippen LogP contribution is 2.22. The fraction of sp³-hybridized carbons (Fsp3) is 0.138. The topological polar surface area (TPSA) is 62.3 Å². The number of hydrogen-bond donors (Lipinski definition) is 1. The first-order valence-corrected chi connectivity index (χ1v) is 11.9. The van der Waals surface area contributed by atoms with E-state index < -0.39 is 0 Å². The van der Waals surface area contributed by atoms with Gasteiger partial charge in [-0.3, -0.25) is 14.6 Å². The van der Waals surface area contributed by atoms with E-state index in [0.717, 1.165) is 11.3 Å². The first-order chi connectivity index (χ1) is 17.5. The number of nitrogens with one attached hydrogen (secondary N) is 1. The molecule has 0 unspecified atom stereocenters. The molecule has 1 heterocycles. The van der Waals surface area contributed by atoms with Crippen molar-refractivity contribution in [2.75, 3.05) is 11.4 Å². The summed E-state index contributed by atoms with van der Waals surface area (Å²) in [6.07, 6.45) is 2.61. The van der Waals surface area contributed by atoms with Crippen molar-refractivity contribution in [1.29, 1.82) is 0 Å². The van der Waals surface area contributed by atoms with Crippen molar-refractivity contribution in [2.45, 2.75) is 19.4 Å². The van der Waals surface area contributed by atoms with E-state index in [1.807, 2.05) is 30.3 Å². The second kappa shape index (κ2) is 12.1. The van der Waals surface area contributed by atoms with Gasteiger partial charge < -0.3 is 10.2 Å². The number of amides is 2. The maximum Gasteiger partial charge on any atom is 0.258 e. The molecular weight excluding hydrogens is 477 g/mol. The summed E-state index contributed by atoms with van der Waals surface area (Å²) in [5.41, 5.74) is 3.50. The number of pyridine rings is 1. The van der Waals surface area contributed by atoms with Gasteiger partial charge in [-0.15, -0.1) is 0 Å². The summed E-state index contributed by atoms with van der Waals surface area (Å²) in [4.78, 5) is 31.6. The molecule has 0 saturated carbocycles. The molecule has 2 amide bonds. The number of hydrogen-bond acceptors (Lipinski definition) is 3. The lowest BCUT2D eigenvalue weighted by molar-refractivity contribution is -0.120. The third-order valence-electron chi connectivity index (χ3n) is 5.61. The second-order valence-corrected chi connectivity index (χ2v) is 8.73. The SMILES string of the molecule is O=C(Cc1ccc(N(Cc2cccc(F)c2)C(=O)c2ccc(Cl)cc2)cc1)NCCc1ccccn1. The Labute approximate surface area is 214 Å². The van der Waals surface area contributed by atoms with Crippen LogP contribution in [0.2, 0.25) is 5.02 Å². The Hall–Kier alpha value is -4.03. The van der Waals surface area contributed by atoms with E-state index in [4.69, 9.17) is 11.6 Å². The van der Waals surface area contributed by atoms with E-state index in [9.17, 15) is 14.0 Å². The van der Waals surface area contributed by atoms with Crippen LogP contribution in [0.3, 0.4) is 0 Å². The van der Waals surface area contributed by atoms with Gasteiger partial charge in [0.2, 0.25) is 5.91 Å². The van der Waals surface area contributed by atoms with Crippen LogP contribution in [0.15, 0.2) is 97.2 Å². The van der Waals surface area contributed by atoms with Crippen molar-refractivity contribution in [3.05, 3.63) is 130 Å². The number of carbonyl (C=O) groups excluding carboxylic acids is 2. The van der Waals surface area contributed by atoms with Gasteiger partial charge in [0.25, 0.3) is 5.91 Å². The summed E-state index contributed by atoms with van der Waals surface area (Å²) in [6, 6.07) is 25.7. The van der Waals surface area contributed by atoms with Crippen molar-refractivity contribution < 1.29 is 14.0 Å². The number of aromatic nitrogens is 1. The van der Waals surface area contributed by atoms with Crippen molar-refractivity contribution in [1.82, 2.24) is 10.3 Å². The molecule has 0 aliphatic rings. The summed E-state index contributed by atoms with van der Waals surface area (Å²) < 4.78 is 13.8. The number of benzene rings is 3. The fourth-order valence-electron chi connectivity index (χ4n) is 3.76. The second-order valence-electron chi connectivity index (χ2n) is 8.29. The van der Waals surface area contributed by atoms with Gasteiger partial charge in [0.15, 0.2) is 0 Å². The summed E-state index contributed by atoms with van der Waals surface area (Å²) in [6.45, 7) is 0.692. The van der Waals surface area contributed by atoms with Crippen LogP contribution in [0.5, 0.6) is 0 Å². The van der Waals surface area contributed by atoms with Crippen molar-refractivity contribution in [2.24, 2.45) is 0 Å². The quantitative estimate of drug-likeness (QED) is 0.323. The smallest absolute Gasteiger partial charge is 0.258 e. The normalized spacial score (nSPS) is 10.6. The molecule has 4 rings (SSSR count). The highest BCUT2D eigenvalue weighted by atomic mass is 35.5. The Morgan fingerprint density at radius 2 is 1.67 bits per heavy atom. The predicted octanol–water partition coefficient (Wildman–Crippen LogP) is 5.62. The third kappa shape index (κ3) is 6.99. The number of carbonyl (C=O) groups is 2. The van der Waals surface area contributed by atoms with Gasteiger partial charge in [0.1, 0.15) is 5.82 Å². The Bertz CT molecular complexity index is 1310. The van der Waals surface area contributed by atoms with Gasteiger partial charge in [-0.2, -0.15) is 0 Å². The fourth-order valence-corrected chi connectivity index (χ4v) is 3.89. The first-order valence-electron chi connectivity index (χ1n) is 11.6. The molecule has 7 heteroatoms. The molecule has 0 bridgehead atoms. The van der Waals surface area contributed by atoms with E-state index in [1.54, 1.807) is 59.6 Å². The average Bonchev–Trinajstić information content (AvgIpc) is 2.89. The van der Waals surface area contributed by atoms with Crippen LogP contribution in [0.1, 0.15) is 27.2 Å². The van der Waals surface area contributed by atoms with Crippen LogP contribution in [0.4, 0.5) is 10.1 Å². The van der Waals surface area contributed by atoms with Crippen LogP contribution >= 0.6 is 11.6 Å². The molecule has 0 spiro atoms. The highest BCUT2D eigenvalue weighted by molar-refractivity contribution is 6.30. The van der Waals surface area contributed by atoms with Crippen LogP contribution in [-0.4, -0.2) is 23.3 Å². The molecule has 3 aromatic carbocycles. The summed E-state index contributed by atoms with van der Waals surface area (Å²) >= 11 is 5.98. The zero-order valence-corrected chi connectivity index (χ0v) is 20.3. The minimum absolute atomic E-state index is 0.0902. The van der Waals surface area contributed by atoms with E-state index in [-0.39, 0.29) is 30.6 Å². The van der Waals surface area contributed by atoms with Gasteiger partial charge in [-0.25, -0.2) is 4.39 Å². The van der Waals surface area contributed by atoms with Gasteiger partial charge >= 0.3 is 0 Å². The van der Waals surface area contributed by atoms with Crippen LogP contribution in [-0.2, 0) is 24.2 Å². The maximum absolute atomic E-state index is 13.8. The number of rotatable bonds is 9. The zero-order valence-electron chi connectivity index (χ0n) is 19.5. The van der Waals surface area contributed by atoms with Gasteiger partial charge in [0, 0.05) is 41.1 Å². The highest BCUT2D eigenvalue weighted by Gasteiger charge is 2.19. The Morgan fingerprint density at radius 3 is 2.36 bits per heavy atom. The summed E-state index contributed by atoms with van der Waals surface area (Å²) in [5, 5.41) is 3.44. The van der Waals surface area contributed by atoms with E-state index in [0.29, 0.717) is 34.8 Å². The molecule has 182 valence electrons. The molecule has 0 radical (unpaired) electrons. The Kier molecular flexibility index (Phi) is 8.42. The molecule has 0 aliphatic heterocycles. The lowest BCUT2D eigenvalue weighted by Crippen LogP contribution is -2.30. The largest absolute Gasteiger partial charge is 0.355 e. The third-order valence-corrected chi connectivity index (χ3v) is 5.86. The van der Waals surface area contributed by atoms with Crippen molar-refractivity contribution >= 4 is 29.1 Å². The monoisotopic (exact) mass is 501 g/mol. The molecule has 36 heavy (non-hydrogen) atoms. The predicted molar refractivity (Wildman–Crippen MR) is 139 cm³/mol. The average molecular weight is 502 g/mol. The van der Waals surface area contributed by atoms with E-state index >= 15 is 0 Å². The molecule has 1 N–H and O–H groups in total. The Morgan fingerprint density at radius 1 is 0.889 bits per heavy atom. The van der Waals surface area contributed by atoms with E-state index in [1.165, 1.54) is 12.1 Å². The minimum Gasteiger partial charge on any atom is -0.355 e. The standard InChI is InChI=1S/C29H25ClFN3O2/c30-24-11-9-23(10-12-24)29(36)34(20-22-4-3-5-25(31)18-22)27-13-7-21(8-14-27)19-28(35)33-17-15-26-6-1-2-16-32-26/h1-14,16,18H,15,17,19-20H2,(H,33,35). The molecule has 0 fully saturated rings. The number of halogens is 2. The minimum atomic E-state index is -0.365. The lowest BCUT2D eigenvalue weighted by Gasteiger charge is -2.23. The molecule has 0 saturated heterocycles. The maximum atomic E-state index is 13.8. The molecule has 0 aliphatic carbocycles. The van der Waals surface area contributed by atoms with Gasteiger partial charge in [-0.05, 0) is 71.8 Å². The van der Waals surface area contributed by atoms with Crippen molar-refractivity contribution in [3.63, 3.8) is 0 Å². The molecule has 0 atom stereocenters. The summed E-state index contributed by atoms with van der Waals surface area (Å²) in [5.74, 6) is -0.695. The lowest BCUT2D eigenvalue weighted by atomic mass is 10.1. The van der Waals surface area contributed by atoms with Crippen LogP contribution < -0.4 is 10.2 Å². The first kappa shape index (κ1) is 25.1. The van der Waals surface area contributed by atoms with Gasteiger partial charge in [-0.1, -0.05) is 41.9 Å². The molecule has 5 nitrogen and oxygen atoms in total. The molecular formula is C29H25ClFN3O2. The zero-order chi connectivity index (χ0) is 25.3. The van der Waals surface area contributed by atoms with Crippen LogP contribution in [0, 0.1) is 5.82 Å². The molecule has 1 aromatic heterocycles. The number of anilines is 1. The van der Waals surface area contributed by atoms with E-state index in [2.05, 4.69) is 10.3 Å². The summed E-state index contributed by atoms with van der Waals surface area (Å²) in [7, 11) is 0. The number of nitrogens with zero attached hydrogens (tertiary/aromatic N) is 2.